The zero-order valence-corrected chi connectivity index (χ0v) is 12.4. The molecule has 0 atom stereocenters. The molecule has 0 aromatic heterocycles. The molecule has 112 valence electrons. The standard InChI is InChI=1S/C15H17NO5/c1-9-11(6-5-7-12(9)19-4)16-8-10-13(17)20-15(2,3)21-14(10)18/h5-8,16H,1-4H3. The van der Waals surface area contributed by atoms with Crippen molar-refractivity contribution in [1.29, 1.82) is 0 Å². The van der Waals surface area contributed by atoms with Crippen LogP contribution in [-0.2, 0) is 19.1 Å². The van der Waals surface area contributed by atoms with Gasteiger partial charge in [0.05, 0.1) is 7.11 Å². The maximum atomic E-state index is 11.8. The molecule has 0 radical (unpaired) electrons. The van der Waals surface area contributed by atoms with E-state index in [1.807, 2.05) is 13.0 Å². The summed E-state index contributed by atoms with van der Waals surface area (Å²) in [5.41, 5.74) is 1.39. The molecule has 0 bridgehead atoms. The van der Waals surface area contributed by atoms with Crippen molar-refractivity contribution in [3.63, 3.8) is 0 Å². The molecule has 0 unspecified atom stereocenters. The van der Waals surface area contributed by atoms with Gasteiger partial charge in [0.15, 0.2) is 5.57 Å². The van der Waals surface area contributed by atoms with Crippen molar-refractivity contribution in [3.05, 3.63) is 35.5 Å². The van der Waals surface area contributed by atoms with E-state index in [1.54, 1.807) is 19.2 Å². The number of cyclic esters (lactones) is 2. The van der Waals surface area contributed by atoms with Crippen molar-refractivity contribution in [1.82, 2.24) is 0 Å². The van der Waals surface area contributed by atoms with Gasteiger partial charge in [0.25, 0.3) is 5.79 Å². The Bertz CT molecular complexity index is 596. The number of esters is 2. The van der Waals surface area contributed by atoms with Gasteiger partial charge in [-0.3, -0.25) is 0 Å². The number of methoxy groups -OCH3 is 1. The van der Waals surface area contributed by atoms with Gasteiger partial charge in [0, 0.05) is 31.3 Å². The molecule has 21 heavy (non-hydrogen) atoms. The highest BCUT2D eigenvalue weighted by atomic mass is 16.7. The summed E-state index contributed by atoms with van der Waals surface area (Å²) in [4.78, 5) is 23.6. The monoisotopic (exact) mass is 291 g/mol. The number of carbonyl (C=O) groups is 2. The number of hydrogen-bond donors (Lipinski definition) is 1. The fraction of sp³-hybridized carbons (Fsp3) is 0.333. The minimum atomic E-state index is -1.24. The average molecular weight is 291 g/mol. The predicted octanol–water partition coefficient (Wildman–Crippen LogP) is 2.14. The number of rotatable bonds is 3. The third-order valence-electron chi connectivity index (χ3n) is 2.99. The molecule has 2 rings (SSSR count). The summed E-state index contributed by atoms with van der Waals surface area (Å²) in [7, 11) is 1.57. The van der Waals surface area contributed by atoms with Gasteiger partial charge in [-0.15, -0.1) is 0 Å². The number of carbonyl (C=O) groups excluding carboxylic acids is 2. The van der Waals surface area contributed by atoms with Crippen LogP contribution in [0.3, 0.4) is 0 Å². The molecule has 0 aliphatic carbocycles. The van der Waals surface area contributed by atoms with Gasteiger partial charge in [-0.05, 0) is 19.1 Å². The lowest BCUT2D eigenvalue weighted by atomic mass is 10.1. The Morgan fingerprint density at radius 2 is 1.81 bits per heavy atom. The molecule has 1 saturated heterocycles. The minimum Gasteiger partial charge on any atom is -0.496 e. The second kappa shape index (κ2) is 5.47. The van der Waals surface area contributed by atoms with Crippen molar-refractivity contribution in [2.24, 2.45) is 0 Å². The lowest BCUT2D eigenvalue weighted by Gasteiger charge is -2.29. The molecule has 1 aliphatic rings. The van der Waals surface area contributed by atoms with Crippen LogP contribution in [-0.4, -0.2) is 24.8 Å². The van der Waals surface area contributed by atoms with Crippen LogP contribution >= 0.6 is 0 Å². The highest BCUT2D eigenvalue weighted by Crippen LogP contribution is 2.26. The molecule has 1 N–H and O–H groups in total. The normalized spacial score (nSPS) is 16.9. The Balaban J connectivity index is 2.22. The summed E-state index contributed by atoms with van der Waals surface area (Å²) >= 11 is 0. The van der Waals surface area contributed by atoms with E-state index in [0.29, 0.717) is 11.4 Å². The molecule has 1 heterocycles. The number of nitrogens with one attached hydrogen (secondary N) is 1. The van der Waals surface area contributed by atoms with Crippen LogP contribution in [0.4, 0.5) is 5.69 Å². The molecule has 6 heteroatoms. The van der Waals surface area contributed by atoms with E-state index in [9.17, 15) is 9.59 Å². The first kappa shape index (κ1) is 14.9. The quantitative estimate of drug-likeness (QED) is 0.522. The summed E-state index contributed by atoms with van der Waals surface area (Å²) in [6, 6.07) is 5.42. The fourth-order valence-corrected chi connectivity index (χ4v) is 1.92. The molecule has 1 aliphatic heterocycles. The van der Waals surface area contributed by atoms with Gasteiger partial charge < -0.3 is 19.5 Å². The molecule has 0 saturated carbocycles. The van der Waals surface area contributed by atoms with Gasteiger partial charge in [0.1, 0.15) is 5.75 Å². The zero-order valence-electron chi connectivity index (χ0n) is 12.4. The zero-order chi connectivity index (χ0) is 15.6. The molecule has 6 nitrogen and oxygen atoms in total. The number of benzene rings is 1. The van der Waals surface area contributed by atoms with E-state index in [4.69, 9.17) is 14.2 Å². The summed E-state index contributed by atoms with van der Waals surface area (Å²) in [5, 5.41) is 2.90. The Labute approximate surface area is 122 Å². The summed E-state index contributed by atoms with van der Waals surface area (Å²) in [6.07, 6.45) is 1.28. The molecule has 1 aromatic rings. The summed E-state index contributed by atoms with van der Waals surface area (Å²) in [6.45, 7) is 4.86. The third kappa shape index (κ3) is 3.16. The fourth-order valence-electron chi connectivity index (χ4n) is 1.92. The van der Waals surface area contributed by atoms with Crippen molar-refractivity contribution in [2.45, 2.75) is 26.6 Å². The number of hydrogen-bond acceptors (Lipinski definition) is 6. The molecular weight excluding hydrogens is 274 g/mol. The van der Waals surface area contributed by atoms with Gasteiger partial charge in [-0.2, -0.15) is 0 Å². The summed E-state index contributed by atoms with van der Waals surface area (Å²) in [5.74, 6) is -1.97. The Morgan fingerprint density at radius 1 is 1.19 bits per heavy atom. The molecule has 1 fully saturated rings. The van der Waals surface area contributed by atoms with Gasteiger partial charge in [-0.25, -0.2) is 9.59 Å². The van der Waals surface area contributed by atoms with Crippen LogP contribution in [0.2, 0.25) is 0 Å². The first-order chi connectivity index (χ1) is 9.84. The topological polar surface area (TPSA) is 73.9 Å². The van der Waals surface area contributed by atoms with Crippen LogP contribution in [0, 0.1) is 6.92 Å². The summed E-state index contributed by atoms with van der Waals surface area (Å²) < 4.78 is 15.2. The van der Waals surface area contributed by atoms with Crippen molar-refractivity contribution in [2.75, 3.05) is 12.4 Å². The van der Waals surface area contributed by atoms with Gasteiger partial charge in [0.2, 0.25) is 0 Å². The SMILES string of the molecule is COc1cccc(NC=C2C(=O)OC(C)(C)OC2=O)c1C. The van der Waals surface area contributed by atoms with E-state index in [-0.39, 0.29) is 5.57 Å². The van der Waals surface area contributed by atoms with Crippen LogP contribution in [0.1, 0.15) is 19.4 Å². The van der Waals surface area contributed by atoms with Crippen molar-refractivity contribution < 1.29 is 23.8 Å². The first-order valence-corrected chi connectivity index (χ1v) is 6.41. The van der Waals surface area contributed by atoms with Crippen molar-refractivity contribution in [3.8, 4) is 5.75 Å². The lowest BCUT2D eigenvalue weighted by Crippen LogP contribution is -2.42. The Morgan fingerprint density at radius 3 is 2.38 bits per heavy atom. The van der Waals surface area contributed by atoms with Crippen molar-refractivity contribution >= 4 is 17.6 Å². The largest absolute Gasteiger partial charge is 0.496 e. The predicted molar refractivity (Wildman–Crippen MR) is 75.7 cm³/mol. The smallest absolute Gasteiger partial charge is 0.350 e. The second-order valence-electron chi connectivity index (χ2n) is 5.01. The molecule has 0 amide bonds. The number of anilines is 1. The van der Waals surface area contributed by atoms with Crippen LogP contribution in [0.25, 0.3) is 0 Å². The van der Waals surface area contributed by atoms with E-state index in [2.05, 4.69) is 5.32 Å². The maximum absolute atomic E-state index is 11.8. The molecule has 1 aromatic carbocycles. The van der Waals surface area contributed by atoms with E-state index < -0.39 is 17.7 Å². The van der Waals surface area contributed by atoms with E-state index >= 15 is 0 Å². The Hall–Kier alpha value is -2.50. The third-order valence-corrected chi connectivity index (χ3v) is 2.99. The Kier molecular flexibility index (Phi) is 3.88. The lowest BCUT2D eigenvalue weighted by molar-refractivity contribution is -0.222. The van der Waals surface area contributed by atoms with Gasteiger partial charge in [-0.1, -0.05) is 6.07 Å². The highest BCUT2D eigenvalue weighted by molar-refractivity contribution is 6.15. The molecular formula is C15H17NO5. The van der Waals surface area contributed by atoms with E-state index in [1.165, 1.54) is 20.0 Å². The minimum absolute atomic E-state index is 0.184. The maximum Gasteiger partial charge on any atom is 0.350 e. The first-order valence-electron chi connectivity index (χ1n) is 6.41. The van der Waals surface area contributed by atoms with Gasteiger partial charge >= 0.3 is 11.9 Å². The van der Waals surface area contributed by atoms with Crippen LogP contribution in [0.5, 0.6) is 5.75 Å². The van der Waals surface area contributed by atoms with Crippen LogP contribution < -0.4 is 10.1 Å². The van der Waals surface area contributed by atoms with Crippen LogP contribution in [0.15, 0.2) is 30.0 Å². The van der Waals surface area contributed by atoms with E-state index in [0.717, 1.165) is 5.56 Å². The number of ether oxygens (including phenoxy) is 3. The molecule has 0 spiro atoms. The second-order valence-corrected chi connectivity index (χ2v) is 5.01. The highest BCUT2D eigenvalue weighted by Gasteiger charge is 2.38. The average Bonchev–Trinajstić information content (AvgIpc) is 2.38.